The first kappa shape index (κ1) is 14.4. The van der Waals surface area contributed by atoms with Gasteiger partial charge in [-0.25, -0.2) is 0 Å². The molecule has 0 saturated carbocycles. The van der Waals surface area contributed by atoms with Crippen LogP contribution < -0.4 is 10.6 Å². The standard InChI is InChI=1S/C13H17N3O4/c1-9-6-10(2-3-12(9)16(18)19)15-13(17)7-11-8-20-5-4-14-11/h2-3,6,11,14H,4-5,7-8H2,1H3,(H,15,17). The second-order valence-corrected chi connectivity index (χ2v) is 4.74. The van der Waals surface area contributed by atoms with Crippen LogP contribution in [0.15, 0.2) is 18.2 Å². The number of carbonyl (C=O) groups excluding carboxylic acids is 1. The Morgan fingerprint density at radius 1 is 1.60 bits per heavy atom. The Kier molecular flexibility index (Phi) is 4.65. The van der Waals surface area contributed by atoms with E-state index in [1.165, 1.54) is 12.1 Å². The minimum Gasteiger partial charge on any atom is -0.378 e. The van der Waals surface area contributed by atoms with Crippen LogP contribution in [0.4, 0.5) is 11.4 Å². The third kappa shape index (κ3) is 3.75. The molecule has 1 unspecified atom stereocenters. The Balaban J connectivity index is 1.93. The number of benzene rings is 1. The van der Waals surface area contributed by atoms with Crippen molar-refractivity contribution in [3.63, 3.8) is 0 Å². The summed E-state index contributed by atoms with van der Waals surface area (Å²) in [5, 5.41) is 16.6. The van der Waals surface area contributed by atoms with Crippen molar-refractivity contribution in [1.82, 2.24) is 5.32 Å². The van der Waals surface area contributed by atoms with Crippen molar-refractivity contribution < 1.29 is 14.5 Å². The predicted molar refractivity (Wildman–Crippen MR) is 73.7 cm³/mol. The van der Waals surface area contributed by atoms with Crippen LogP contribution in [0.3, 0.4) is 0 Å². The molecule has 1 atom stereocenters. The van der Waals surface area contributed by atoms with Crippen molar-refractivity contribution in [2.45, 2.75) is 19.4 Å². The highest BCUT2D eigenvalue weighted by Crippen LogP contribution is 2.21. The molecule has 1 aliphatic heterocycles. The number of nitrogens with zero attached hydrogens (tertiary/aromatic N) is 1. The lowest BCUT2D eigenvalue weighted by molar-refractivity contribution is -0.385. The van der Waals surface area contributed by atoms with E-state index in [4.69, 9.17) is 4.74 Å². The molecular weight excluding hydrogens is 262 g/mol. The van der Waals surface area contributed by atoms with E-state index >= 15 is 0 Å². The number of carbonyl (C=O) groups is 1. The molecule has 0 spiro atoms. The zero-order chi connectivity index (χ0) is 14.5. The van der Waals surface area contributed by atoms with Gasteiger partial charge in [0.2, 0.25) is 5.91 Å². The quantitative estimate of drug-likeness (QED) is 0.638. The molecule has 0 bridgehead atoms. The van der Waals surface area contributed by atoms with Crippen molar-refractivity contribution in [2.75, 3.05) is 25.1 Å². The average molecular weight is 279 g/mol. The van der Waals surface area contributed by atoms with E-state index in [9.17, 15) is 14.9 Å². The molecule has 1 saturated heterocycles. The number of nitro groups is 1. The zero-order valence-corrected chi connectivity index (χ0v) is 11.2. The van der Waals surface area contributed by atoms with Crippen molar-refractivity contribution in [3.05, 3.63) is 33.9 Å². The van der Waals surface area contributed by atoms with E-state index in [1.54, 1.807) is 13.0 Å². The summed E-state index contributed by atoms with van der Waals surface area (Å²) >= 11 is 0. The van der Waals surface area contributed by atoms with E-state index in [-0.39, 0.29) is 17.6 Å². The van der Waals surface area contributed by atoms with Crippen molar-refractivity contribution >= 4 is 17.3 Å². The first-order valence-electron chi connectivity index (χ1n) is 6.42. The topological polar surface area (TPSA) is 93.5 Å². The second kappa shape index (κ2) is 6.44. The van der Waals surface area contributed by atoms with Crippen LogP contribution in [0, 0.1) is 17.0 Å². The van der Waals surface area contributed by atoms with Gasteiger partial charge in [-0.15, -0.1) is 0 Å². The third-order valence-corrected chi connectivity index (χ3v) is 3.11. The lowest BCUT2D eigenvalue weighted by Gasteiger charge is -2.23. The van der Waals surface area contributed by atoms with Crippen molar-refractivity contribution in [3.8, 4) is 0 Å². The molecule has 2 rings (SSSR count). The highest BCUT2D eigenvalue weighted by Gasteiger charge is 2.17. The van der Waals surface area contributed by atoms with E-state index in [1.807, 2.05) is 0 Å². The molecular formula is C13H17N3O4. The Morgan fingerprint density at radius 3 is 3.00 bits per heavy atom. The van der Waals surface area contributed by atoms with Crippen molar-refractivity contribution in [1.29, 1.82) is 0 Å². The summed E-state index contributed by atoms with van der Waals surface area (Å²) in [5.74, 6) is -0.138. The number of aryl methyl sites for hydroxylation is 1. The van der Waals surface area contributed by atoms with Crippen LogP contribution in [0.5, 0.6) is 0 Å². The molecule has 1 aromatic rings. The molecule has 1 aliphatic rings. The molecule has 108 valence electrons. The molecule has 1 aromatic carbocycles. The van der Waals surface area contributed by atoms with E-state index in [0.29, 0.717) is 30.9 Å². The Morgan fingerprint density at radius 2 is 2.40 bits per heavy atom. The Hall–Kier alpha value is -1.99. The normalized spacial score (nSPS) is 18.6. The van der Waals surface area contributed by atoms with Gasteiger partial charge in [0.25, 0.3) is 5.69 Å². The fourth-order valence-electron chi connectivity index (χ4n) is 2.12. The minimum absolute atomic E-state index is 0.0166. The van der Waals surface area contributed by atoms with Crippen LogP contribution in [0.2, 0.25) is 0 Å². The van der Waals surface area contributed by atoms with Gasteiger partial charge in [-0.05, 0) is 19.1 Å². The summed E-state index contributed by atoms with van der Waals surface area (Å²) in [4.78, 5) is 22.1. The van der Waals surface area contributed by atoms with Gasteiger partial charge in [0, 0.05) is 36.3 Å². The van der Waals surface area contributed by atoms with Gasteiger partial charge in [0.15, 0.2) is 0 Å². The van der Waals surface area contributed by atoms with Crippen LogP contribution in [-0.4, -0.2) is 36.6 Å². The molecule has 2 N–H and O–H groups in total. The third-order valence-electron chi connectivity index (χ3n) is 3.11. The lowest BCUT2D eigenvalue weighted by Crippen LogP contribution is -2.43. The molecule has 1 heterocycles. The number of rotatable bonds is 4. The van der Waals surface area contributed by atoms with Gasteiger partial charge in [-0.2, -0.15) is 0 Å². The number of nitro benzene ring substituents is 1. The smallest absolute Gasteiger partial charge is 0.272 e. The number of nitrogens with one attached hydrogen (secondary N) is 2. The monoisotopic (exact) mass is 279 g/mol. The number of ether oxygens (including phenoxy) is 1. The van der Waals surface area contributed by atoms with Gasteiger partial charge in [0.1, 0.15) is 0 Å². The summed E-state index contributed by atoms with van der Waals surface area (Å²) in [5.41, 5.74) is 1.13. The van der Waals surface area contributed by atoms with Crippen LogP contribution in [0.1, 0.15) is 12.0 Å². The van der Waals surface area contributed by atoms with E-state index < -0.39 is 4.92 Å². The minimum atomic E-state index is -0.440. The van der Waals surface area contributed by atoms with Gasteiger partial charge < -0.3 is 15.4 Å². The number of morpholine rings is 1. The van der Waals surface area contributed by atoms with Gasteiger partial charge in [-0.3, -0.25) is 14.9 Å². The fourth-order valence-corrected chi connectivity index (χ4v) is 2.12. The maximum atomic E-state index is 11.9. The highest BCUT2D eigenvalue weighted by molar-refractivity contribution is 5.91. The molecule has 0 aliphatic carbocycles. The maximum Gasteiger partial charge on any atom is 0.272 e. The molecule has 0 aromatic heterocycles. The average Bonchev–Trinajstić information content (AvgIpc) is 2.39. The van der Waals surface area contributed by atoms with Crippen LogP contribution >= 0.6 is 0 Å². The lowest BCUT2D eigenvalue weighted by atomic mass is 10.1. The number of hydrogen-bond donors (Lipinski definition) is 2. The molecule has 1 amide bonds. The Labute approximate surface area is 116 Å². The molecule has 0 radical (unpaired) electrons. The second-order valence-electron chi connectivity index (χ2n) is 4.74. The van der Waals surface area contributed by atoms with Gasteiger partial charge >= 0.3 is 0 Å². The summed E-state index contributed by atoms with van der Waals surface area (Å²) in [6, 6.07) is 4.55. The summed E-state index contributed by atoms with van der Waals surface area (Å²) in [6.45, 7) is 3.57. The van der Waals surface area contributed by atoms with E-state index in [0.717, 1.165) is 6.54 Å². The molecule has 20 heavy (non-hydrogen) atoms. The number of anilines is 1. The summed E-state index contributed by atoms with van der Waals surface area (Å²) < 4.78 is 5.28. The molecule has 1 fully saturated rings. The number of amides is 1. The van der Waals surface area contributed by atoms with Gasteiger partial charge in [-0.1, -0.05) is 0 Å². The Bertz CT molecular complexity index is 512. The predicted octanol–water partition coefficient (Wildman–Crippen LogP) is 1.22. The van der Waals surface area contributed by atoms with Crippen LogP contribution in [-0.2, 0) is 9.53 Å². The van der Waals surface area contributed by atoms with E-state index in [2.05, 4.69) is 10.6 Å². The first-order chi connectivity index (χ1) is 9.56. The largest absolute Gasteiger partial charge is 0.378 e. The highest BCUT2D eigenvalue weighted by atomic mass is 16.6. The van der Waals surface area contributed by atoms with Gasteiger partial charge in [0.05, 0.1) is 18.1 Å². The molecule has 7 heteroatoms. The van der Waals surface area contributed by atoms with Crippen molar-refractivity contribution in [2.24, 2.45) is 0 Å². The zero-order valence-electron chi connectivity index (χ0n) is 11.2. The maximum absolute atomic E-state index is 11.9. The summed E-state index contributed by atoms with van der Waals surface area (Å²) in [7, 11) is 0. The van der Waals surface area contributed by atoms with Crippen LogP contribution in [0.25, 0.3) is 0 Å². The first-order valence-corrected chi connectivity index (χ1v) is 6.42. The fraction of sp³-hybridized carbons (Fsp3) is 0.462. The summed E-state index contributed by atoms with van der Waals surface area (Å²) in [6.07, 6.45) is 0.316. The molecule has 7 nitrogen and oxygen atoms in total. The SMILES string of the molecule is Cc1cc(NC(=O)CC2COCCN2)ccc1[N+](=O)[O-]. The number of hydrogen-bond acceptors (Lipinski definition) is 5.